The molecule has 0 aromatic heterocycles. The summed E-state index contributed by atoms with van der Waals surface area (Å²) in [5.74, 6) is -0.728. The van der Waals surface area contributed by atoms with Crippen LogP contribution in [-0.2, 0) is 20.2 Å². The number of benzene rings is 2. The lowest BCUT2D eigenvalue weighted by Crippen LogP contribution is -2.54. The summed E-state index contributed by atoms with van der Waals surface area (Å²) in [7, 11) is -2.60. The Morgan fingerprint density at radius 2 is 1.35 bits per heavy atom. The number of carbonyl (C=O) groups is 1. The van der Waals surface area contributed by atoms with Gasteiger partial charge in [0.15, 0.2) is 9.84 Å². The van der Waals surface area contributed by atoms with E-state index in [1.54, 1.807) is 0 Å². The number of alkyl halides is 6. The van der Waals surface area contributed by atoms with Gasteiger partial charge in [-0.05, 0) is 43.3 Å². The fourth-order valence-corrected chi connectivity index (χ4v) is 7.17. The molecule has 2 aromatic carbocycles. The van der Waals surface area contributed by atoms with Crippen molar-refractivity contribution in [3.05, 3.63) is 65.5 Å². The van der Waals surface area contributed by atoms with Gasteiger partial charge in [0.1, 0.15) is 10.6 Å². The predicted octanol–water partition coefficient (Wildman–Crippen LogP) is 3.88. The van der Waals surface area contributed by atoms with Crippen LogP contribution in [0.5, 0.6) is 0 Å². The topological polar surface area (TPSA) is 81.2 Å². The second-order valence-electron chi connectivity index (χ2n) is 9.98. The van der Waals surface area contributed by atoms with Gasteiger partial charge >= 0.3 is 18.4 Å². The van der Waals surface area contributed by atoms with Gasteiger partial charge in [-0.3, -0.25) is 0 Å². The summed E-state index contributed by atoms with van der Waals surface area (Å²) in [4.78, 5) is 17.7. The maximum atomic E-state index is 14.0. The SMILES string of the molecule is CN1CCN(C(=O)N2CCC(c3ccc(C(O)(C(F)(F)F)C(F)(F)F)cc3)(S(=O)(=O)c3ccc(F)cc3)C2)CC1. The number of urea groups is 1. The van der Waals surface area contributed by atoms with E-state index in [1.165, 1.54) is 9.80 Å². The second kappa shape index (κ2) is 10.2. The molecule has 0 spiro atoms. The number of halogens is 7. The minimum absolute atomic E-state index is 0.0671. The second-order valence-corrected chi connectivity index (χ2v) is 12.2. The molecular formula is C25H26F7N3O4S. The zero-order chi connectivity index (χ0) is 29.7. The number of carbonyl (C=O) groups excluding carboxylic acids is 1. The number of likely N-dealkylation sites (N-methyl/N-ethyl adjacent to an activating group) is 1. The van der Waals surface area contributed by atoms with Crippen molar-refractivity contribution in [1.29, 1.82) is 0 Å². The smallest absolute Gasteiger partial charge is 0.369 e. The average Bonchev–Trinajstić information content (AvgIpc) is 3.35. The van der Waals surface area contributed by atoms with Crippen LogP contribution in [0.3, 0.4) is 0 Å². The predicted molar refractivity (Wildman–Crippen MR) is 128 cm³/mol. The molecule has 2 aliphatic heterocycles. The monoisotopic (exact) mass is 597 g/mol. The first-order valence-corrected chi connectivity index (χ1v) is 13.6. The summed E-state index contributed by atoms with van der Waals surface area (Å²) in [6.45, 7) is 1.42. The van der Waals surface area contributed by atoms with Crippen molar-refractivity contribution in [2.75, 3.05) is 46.3 Å². The molecule has 220 valence electrons. The van der Waals surface area contributed by atoms with Crippen molar-refractivity contribution in [3.8, 4) is 0 Å². The highest BCUT2D eigenvalue weighted by molar-refractivity contribution is 7.92. The summed E-state index contributed by atoms with van der Waals surface area (Å²) in [6.07, 6.45) is -12.5. The molecule has 2 heterocycles. The van der Waals surface area contributed by atoms with Gasteiger partial charge in [0, 0.05) is 44.8 Å². The first kappa shape index (κ1) is 30.1. The van der Waals surface area contributed by atoms with Gasteiger partial charge < -0.3 is 19.8 Å². The summed E-state index contributed by atoms with van der Waals surface area (Å²) < 4.78 is 120. The Labute approximate surface area is 225 Å². The number of nitrogens with zero attached hydrogens (tertiary/aromatic N) is 3. The van der Waals surface area contributed by atoms with Gasteiger partial charge in [-0.2, -0.15) is 26.3 Å². The highest BCUT2D eigenvalue weighted by atomic mass is 32.2. The van der Waals surface area contributed by atoms with Gasteiger partial charge in [-0.25, -0.2) is 17.6 Å². The Bertz CT molecular complexity index is 1330. The molecule has 0 saturated carbocycles. The van der Waals surface area contributed by atoms with Gasteiger partial charge in [-0.1, -0.05) is 24.3 Å². The molecular weight excluding hydrogens is 571 g/mol. The molecule has 1 unspecified atom stereocenters. The van der Waals surface area contributed by atoms with Crippen LogP contribution in [0.2, 0.25) is 0 Å². The number of hydrogen-bond acceptors (Lipinski definition) is 5. The third kappa shape index (κ3) is 4.91. The number of amides is 2. The van der Waals surface area contributed by atoms with Crippen LogP contribution >= 0.6 is 0 Å². The Kier molecular flexibility index (Phi) is 7.65. The standard InChI is InChI=1S/C25H26F7N3O4S/c1-33-12-14-34(15-13-33)21(36)35-11-10-22(16-35,40(38,39)20-8-6-19(26)7-9-20)17-2-4-18(5-3-17)23(37,24(27,28)29)25(30,31)32/h2-9,37H,10-16H2,1H3. The molecule has 2 fully saturated rings. The van der Waals surface area contributed by atoms with E-state index < -0.39 is 56.5 Å². The fraction of sp³-hybridized carbons (Fsp3) is 0.480. The van der Waals surface area contributed by atoms with Crippen LogP contribution in [0.25, 0.3) is 0 Å². The van der Waals surface area contributed by atoms with Crippen molar-refractivity contribution in [3.63, 3.8) is 0 Å². The molecule has 0 radical (unpaired) electrons. The maximum Gasteiger partial charge on any atom is 0.430 e. The van der Waals surface area contributed by atoms with E-state index in [0.29, 0.717) is 38.3 Å². The summed E-state index contributed by atoms with van der Waals surface area (Å²) in [6, 6.07) is 5.66. The molecule has 4 rings (SSSR count). The van der Waals surface area contributed by atoms with Crippen molar-refractivity contribution in [2.24, 2.45) is 0 Å². The molecule has 1 atom stereocenters. The van der Waals surface area contributed by atoms with Crippen LogP contribution in [0.15, 0.2) is 53.4 Å². The van der Waals surface area contributed by atoms with E-state index in [1.807, 2.05) is 11.9 Å². The molecule has 2 amide bonds. The van der Waals surface area contributed by atoms with Crippen LogP contribution in [0.1, 0.15) is 17.5 Å². The van der Waals surface area contributed by atoms with E-state index in [4.69, 9.17) is 0 Å². The highest BCUT2D eigenvalue weighted by Crippen LogP contribution is 2.51. The number of rotatable bonds is 4. The summed E-state index contributed by atoms with van der Waals surface area (Å²) in [5.41, 5.74) is -6.92. The lowest BCUT2D eigenvalue weighted by molar-refractivity contribution is -0.376. The minimum Gasteiger partial charge on any atom is -0.369 e. The minimum atomic E-state index is -6.12. The molecule has 1 N–H and O–H groups in total. The largest absolute Gasteiger partial charge is 0.430 e. The number of sulfone groups is 1. The van der Waals surface area contributed by atoms with Gasteiger partial charge in [0.2, 0.25) is 0 Å². The Balaban J connectivity index is 1.78. The zero-order valence-corrected chi connectivity index (χ0v) is 22.0. The van der Waals surface area contributed by atoms with E-state index in [0.717, 1.165) is 36.4 Å². The van der Waals surface area contributed by atoms with E-state index in [9.17, 15) is 49.1 Å². The van der Waals surface area contributed by atoms with Crippen LogP contribution in [0.4, 0.5) is 35.5 Å². The van der Waals surface area contributed by atoms with Crippen LogP contribution < -0.4 is 0 Å². The molecule has 2 aromatic rings. The summed E-state index contributed by atoms with van der Waals surface area (Å²) >= 11 is 0. The lowest BCUT2D eigenvalue weighted by Gasteiger charge is -2.36. The maximum absolute atomic E-state index is 14.0. The van der Waals surface area contributed by atoms with Crippen molar-refractivity contribution in [1.82, 2.24) is 14.7 Å². The fourth-order valence-electron chi connectivity index (χ4n) is 5.10. The van der Waals surface area contributed by atoms with Crippen LogP contribution in [0, 0.1) is 5.82 Å². The number of aliphatic hydroxyl groups is 1. The zero-order valence-electron chi connectivity index (χ0n) is 21.1. The number of likely N-dealkylation sites (tertiary alicyclic amines) is 1. The number of hydrogen-bond donors (Lipinski definition) is 1. The normalized spacial score (nSPS) is 21.6. The van der Waals surface area contributed by atoms with Crippen LogP contribution in [-0.4, -0.2) is 92.9 Å². The van der Waals surface area contributed by atoms with Gasteiger partial charge in [-0.15, -0.1) is 0 Å². The first-order chi connectivity index (χ1) is 18.4. The van der Waals surface area contributed by atoms with Crippen molar-refractivity contribution in [2.45, 2.75) is 34.0 Å². The van der Waals surface area contributed by atoms with Crippen molar-refractivity contribution < 1.29 is 49.1 Å². The molecule has 40 heavy (non-hydrogen) atoms. The first-order valence-electron chi connectivity index (χ1n) is 12.1. The third-order valence-corrected chi connectivity index (χ3v) is 10.1. The van der Waals surface area contributed by atoms with E-state index in [-0.39, 0.29) is 23.4 Å². The Hall–Kier alpha value is -2.91. The Morgan fingerprint density at radius 1 is 0.825 bits per heavy atom. The van der Waals surface area contributed by atoms with E-state index in [2.05, 4.69) is 0 Å². The molecule has 2 saturated heterocycles. The lowest BCUT2D eigenvalue weighted by atomic mass is 9.89. The highest BCUT2D eigenvalue weighted by Gasteiger charge is 2.71. The molecule has 0 aliphatic carbocycles. The quantitative estimate of drug-likeness (QED) is 0.428. The summed E-state index contributed by atoms with van der Waals surface area (Å²) in [5, 5.41) is 9.75. The average molecular weight is 598 g/mol. The molecule has 7 nitrogen and oxygen atoms in total. The van der Waals surface area contributed by atoms with Gasteiger partial charge in [0.25, 0.3) is 5.60 Å². The Morgan fingerprint density at radius 3 is 1.85 bits per heavy atom. The third-order valence-electron chi connectivity index (χ3n) is 7.56. The number of piperazine rings is 1. The molecule has 15 heteroatoms. The molecule has 2 aliphatic rings. The van der Waals surface area contributed by atoms with Crippen molar-refractivity contribution >= 4 is 15.9 Å². The molecule has 0 bridgehead atoms. The van der Waals surface area contributed by atoms with E-state index >= 15 is 0 Å². The van der Waals surface area contributed by atoms with Gasteiger partial charge in [0.05, 0.1) is 4.90 Å².